The van der Waals surface area contributed by atoms with Crippen LogP contribution in [-0.2, 0) is 4.74 Å². The van der Waals surface area contributed by atoms with Crippen LogP contribution in [0.15, 0.2) is 18.2 Å². The molecule has 4 heteroatoms. The molecule has 0 bridgehead atoms. The first-order valence-corrected chi connectivity index (χ1v) is 4.18. The van der Waals surface area contributed by atoms with Crippen LogP contribution in [0.1, 0.15) is 12.5 Å². The van der Waals surface area contributed by atoms with Crippen molar-refractivity contribution in [2.75, 3.05) is 13.4 Å². The maximum atomic E-state index is 13.0. The van der Waals surface area contributed by atoms with Crippen molar-refractivity contribution < 1.29 is 13.9 Å². The SMILES string of the molecule is CCOCOc1ccc(C#N)c(F)c1. The molecule has 0 unspecified atom stereocenters. The Hall–Kier alpha value is -1.60. The molecule has 3 nitrogen and oxygen atoms in total. The molecule has 0 fully saturated rings. The van der Waals surface area contributed by atoms with Crippen molar-refractivity contribution in [1.29, 1.82) is 5.26 Å². The molecule has 0 aliphatic rings. The first-order chi connectivity index (χ1) is 6.77. The standard InChI is InChI=1S/C10H10FNO2/c1-2-13-7-14-9-4-3-8(6-12)10(11)5-9/h3-5H,2,7H2,1H3. The second kappa shape index (κ2) is 5.20. The van der Waals surface area contributed by atoms with Gasteiger partial charge in [-0.15, -0.1) is 0 Å². The number of hydrogen-bond donors (Lipinski definition) is 0. The third-order valence-electron chi connectivity index (χ3n) is 1.57. The van der Waals surface area contributed by atoms with E-state index in [-0.39, 0.29) is 12.4 Å². The molecular formula is C10H10FNO2. The van der Waals surface area contributed by atoms with Gasteiger partial charge >= 0.3 is 0 Å². The number of ether oxygens (including phenoxy) is 2. The van der Waals surface area contributed by atoms with Gasteiger partial charge in [0.25, 0.3) is 0 Å². The summed E-state index contributed by atoms with van der Waals surface area (Å²) in [5.41, 5.74) is 0.00811. The zero-order chi connectivity index (χ0) is 10.4. The number of nitriles is 1. The Labute approximate surface area is 81.7 Å². The van der Waals surface area contributed by atoms with Crippen LogP contribution < -0.4 is 4.74 Å². The average Bonchev–Trinajstić information content (AvgIpc) is 2.18. The van der Waals surface area contributed by atoms with Crippen LogP contribution in [0.5, 0.6) is 5.75 Å². The molecule has 0 aliphatic carbocycles. The number of hydrogen-bond acceptors (Lipinski definition) is 3. The largest absolute Gasteiger partial charge is 0.467 e. The highest BCUT2D eigenvalue weighted by atomic mass is 19.1. The third-order valence-corrected chi connectivity index (χ3v) is 1.57. The average molecular weight is 195 g/mol. The van der Waals surface area contributed by atoms with Gasteiger partial charge in [-0.05, 0) is 19.1 Å². The summed E-state index contributed by atoms with van der Waals surface area (Å²) < 4.78 is 23.0. The number of rotatable bonds is 4. The van der Waals surface area contributed by atoms with Gasteiger partial charge in [0.2, 0.25) is 0 Å². The number of nitrogens with zero attached hydrogens (tertiary/aromatic N) is 1. The van der Waals surface area contributed by atoms with Gasteiger partial charge in [-0.1, -0.05) is 0 Å². The highest BCUT2D eigenvalue weighted by molar-refractivity contribution is 5.36. The Kier molecular flexibility index (Phi) is 3.89. The molecule has 0 aliphatic heterocycles. The Morgan fingerprint density at radius 2 is 2.29 bits per heavy atom. The van der Waals surface area contributed by atoms with Gasteiger partial charge in [-0.3, -0.25) is 0 Å². The van der Waals surface area contributed by atoms with Crippen molar-refractivity contribution in [3.05, 3.63) is 29.6 Å². The van der Waals surface area contributed by atoms with Crippen molar-refractivity contribution in [3.8, 4) is 11.8 Å². The summed E-state index contributed by atoms with van der Waals surface area (Å²) in [5, 5.41) is 8.47. The molecule has 0 atom stereocenters. The second-order valence-electron chi connectivity index (χ2n) is 2.51. The molecule has 1 aromatic rings. The fraction of sp³-hybridized carbons (Fsp3) is 0.300. The summed E-state index contributed by atoms with van der Waals surface area (Å²) in [6, 6.07) is 5.79. The predicted molar refractivity (Wildman–Crippen MR) is 48.2 cm³/mol. The Balaban J connectivity index is 2.63. The van der Waals surface area contributed by atoms with E-state index in [1.54, 1.807) is 6.07 Å². The van der Waals surface area contributed by atoms with E-state index in [0.717, 1.165) is 6.07 Å². The molecule has 0 amide bonds. The van der Waals surface area contributed by atoms with Crippen LogP contribution >= 0.6 is 0 Å². The molecule has 74 valence electrons. The summed E-state index contributed by atoms with van der Waals surface area (Å²) in [6.45, 7) is 2.46. The molecule has 1 aromatic carbocycles. The second-order valence-corrected chi connectivity index (χ2v) is 2.51. The Morgan fingerprint density at radius 3 is 2.86 bits per heavy atom. The van der Waals surface area contributed by atoms with Crippen molar-refractivity contribution in [3.63, 3.8) is 0 Å². The van der Waals surface area contributed by atoms with Crippen LogP contribution in [0.2, 0.25) is 0 Å². The fourth-order valence-electron chi connectivity index (χ4n) is 0.869. The molecule has 0 N–H and O–H groups in total. The number of benzene rings is 1. The topological polar surface area (TPSA) is 42.2 Å². The molecule has 1 rings (SSSR count). The monoisotopic (exact) mass is 195 g/mol. The molecule has 0 saturated heterocycles. The molecule has 0 spiro atoms. The van der Waals surface area contributed by atoms with E-state index >= 15 is 0 Å². The van der Waals surface area contributed by atoms with Crippen molar-refractivity contribution in [2.45, 2.75) is 6.92 Å². The smallest absolute Gasteiger partial charge is 0.189 e. The Morgan fingerprint density at radius 1 is 1.50 bits per heavy atom. The predicted octanol–water partition coefficient (Wildman–Crippen LogP) is 2.07. The first kappa shape index (κ1) is 10.5. The highest BCUT2D eigenvalue weighted by Crippen LogP contribution is 2.15. The zero-order valence-electron chi connectivity index (χ0n) is 7.79. The van der Waals surface area contributed by atoms with Gasteiger partial charge < -0.3 is 9.47 Å². The van der Waals surface area contributed by atoms with Gasteiger partial charge in [0.1, 0.15) is 17.6 Å². The van der Waals surface area contributed by atoms with Crippen LogP contribution in [0, 0.1) is 17.1 Å². The van der Waals surface area contributed by atoms with E-state index in [9.17, 15) is 4.39 Å². The summed E-state index contributed by atoms with van der Waals surface area (Å²) >= 11 is 0. The van der Waals surface area contributed by atoms with E-state index in [1.165, 1.54) is 12.1 Å². The minimum Gasteiger partial charge on any atom is -0.467 e. The minimum atomic E-state index is -0.582. The van der Waals surface area contributed by atoms with Crippen molar-refractivity contribution in [1.82, 2.24) is 0 Å². The molecule has 0 saturated carbocycles. The lowest BCUT2D eigenvalue weighted by Gasteiger charge is -2.05. The normalized spacial score (nSPS) is 9.50. The maximum absolute atomic E-state index is 13.0. The summed E-state index contributed by atoms with van der Waals surface area (Å²) in [4.78, 5) is 0. The summed E-state index contributed by atoms with van der Waals surface area (Å²) in [6.07, 6.45) is 0. The van der Waals surface area contributed by atoms with Crippen molar-refractivity contribution >= 4 is 0 Å². The Bertz CT molecular complexity index is 346. The van der Waals surface area contributed by atoms with E-state index < -0.39 is 5.82 Å². The van der Waals surface area contributed by atoms with Gasteiger partial charge in [-0.25, -0.2) is 4.39 Å². The third kappa shape index (κ3) is 2.71. The number of halogens is 1. The molecule has 0 aromatic heterocycles. The fourth-order valence-corrected chi connectivity index (χ4v) is 0.869. The highest BCUT2D eigenvalue weighted by Gasteiger charge is 2.02. The minimum absolute atomic E-state index is 0.00811. The summed E-state index contributed by atoms with van der Waals surface area (Å²) in [7, 11) is 0. The van der Waals surface area contributed by atoms with Gasteiger partial charge in [0.15, 0.2) is 6.79 Å². The lowest BCUT2D eigenvalue weighted by atomic mass is 10.2. The first-order valence-electron chi connectivity index (χ1n) is 4.18. The van der Waals surface area contributed by atoms with Crippen LogP contribution in [0.25, 0.3) is 0 Å². The van der Waals surface area contributed by atoms with E-state index in [1.807, 2.05) is 6.92 Å². The van der Waals surface area contributed by atoms with Crippen molar-refractivity contribution in [2.24, 2.45) is 0 Å². The van der Waals surface area contributed by atoms with E-state index in [4.69, 9.17) is 14.7 Å². The molecular weight excluding hydrogens is 185 g/mol. The van der Waals surface area contributed by atoms with Gasteiger partial charge in [0, 0.05) is 12.7 Å². The zero-order valence-corrected chi connectivity index (χ0v) is 7.79. The molecule has 0 heterocycles. The van der Waals surface area contributed by atoms with Gasteiger partial charge in [0.05, 0.1) is 5.56 Å². The van der Waals surface area contributed by atoms with Crippen LogP contribution in [0.3, 0.4) is 0 Å². The van der Waals surface area contributed by atoms with E-state index in [2.05, 4.69) is 0 Å². The molecule has 0 radical (unpaired) electrons. The lowest BCUT2D eigenvalue weighted by molar-refractivity contribution is 0.0222. The molecule has 14 heavy (non-hydrogen) atoms. The van der Waals surface area contributed by atoms with Crippen LogP contribution in [0.4, 0.5) is 4.39 Å². The maximum Gasteiger partial charge on any atom is 0.189 e. The lowest BCUT2D eigenvalue weighted by Crippen LogP contribution is -2.02. The van der Waals surface area contributed by atoms with Crippen LogP contribution in [-0.4, -0.2) is 13.4 Å². The summed E-state index contributed by atoms with van der Waals surface area (Å²) in [5.74, 6) is -0.226. The van der Waals surface area contributed by atoms with Gasteiger partial charge in [-0.2, -0.15) is 5.26 Å². The van der Waals surface area contributed by atoms with E-state index in [0.29, 0.717) is 12.4 Å². The quantitative estimate of drug-likeness (QED) is 0.545.